The standard InChI is InChI=1S/C12H16O4/c1-2-15-11(13)9-5-3-4-8-6-7-16-12(14)10(8)9/h3-4,8-10H,2,5-7H2,1H3/t8-,9+,10+/m1/s1. The lowest BCUT2D eigenvalue weighted by Crippen LogP contribution is -2.42. The lowest BCUT2D eigenvalue weighted by Gasteiger charge is -2.35. The Morgan fingerprint density at radius 1 is 1.62 bits per heavy atom. The Balaban J connectivity index is 2.16. The highest BCUT2D eigenvalue weighted by atomic mass is 16.5. The normalized spacial score (nSPS) is 32.8. The summed E-state index contributed by atoms with van der Waals surface area (Å²) in [5, 5.41) is 0. The highest BCUT2D eigenvalue weighted by molar-refractivity contribution is 5.83. The van der Waals surface area contributed by atoms with Crippen LogP contribution in [-0.2, 0) is 19.1 Å². The zero-order valence-corrected chi connectivity index (χ0v) is 9.35. The molecule has 2 aliphatic rings. The fourth-order valence-corrected chi connectivity index (χ4v) is 2.46. The van der Waals surface area contributed by atoms with Crippen molar-refractivity contribution >= 4 is 11.9 Å². The third-order valence-electron chi connectivity index (χ3n) is 3.23. The maximum Gasteiger partial charge on any atom is 0.310 e. The minimum Gasteiger partial charge on any atom is -0.466 e. The summed E-state index contributed by atoms with van der Waals surface area (Å²) in [4.78, 5) is 23.4. The van der Waals surface area contributed by atoms with Crippen LogP contribution in [0.4, 0.5) is 0 Å². The van der Waals surface area contributed by atoms with Gasteiger partial charge in [-0.2, -0.15) is 0 Å². The van der Waals surface area contributed by atoms with Crippen LogP contribution in [0.3, 0.4) is 0 Å². The molecule has 1 aliphatic heterocycles. The molecular weight excluding hydrogens is 208 g/mol. The average molecular weight is 224 g/mol. The summed E-state index contributed by atoms with van der Waals surface area (Å²) >= 11 is 0. The van der Waals surface area contributed by atoms with Gasteiger partial charge in [0, 0.05) is 0 Å². The minimum absolute atomic E-state index is 0.143. The van der Waals surface area contributed by atoms with Crippen molar-refractivity contribution in [3.8, 4) is 0 Å². The minimum atomic E-state index is -0.359. The molecule has 1 heterocycles. The monoisotopic (exact) mass is 224 g/mol. The van der Waals surface area contributed by atoms with Gasteiger partial charge in [0.1, 0.15) is 0 Å². The largest absolute Gasteiger partial charge is 0.466 e. The van der Waals surface area contributed by atoms with E-state index in [4.69, 9.17) is 9.47 Å². The van der Waals surface area contributed by atoms with Gasteiger partial charge < -0.3 is 9.47 Å². The van der Waals surface area contributed by atoms with E-state index in [9.17, 15) is 9.59 Å². The van der Waals surface area contributed by atoms with Crippen LogP contribution in [0, 0.1) is 17.8 Å². The van der Waals surface area contributed by atoms with Crippen LogP contribution in [0.25, 0.3) is 0 Å². The molecule has 16 heavy (non-hydrogen) atoms. The first-order valence-electron chi connectivity index (χ1n) is 5.74. The molecule has 0 aromatic heterocycles. The van der Waals surface area contributed by atoms with Crippen molar-refractivity contribution < 1.29 is 19.1 Å². The fourth-order valence-electron chi connectivity index (χ4n) is 2.46. The van der Waals surface area contributed by atoms with E-state index in [1.165, 1.54) is 0 Å². The molecule has 0 unspecified atom stereocenters. The number of hydrogen-bond donors (Lipinski definition) is 0. The van der Waals surface area contributed by atoms with Crippen LogP contribution < -0.4 is 0 Å². The van der Waals surface area contributed by atoms with Crippen molar-refractivity contribution in [2.75, 3.05) is 13.2 Å². The lowest BCUT2D eigenvalue weighted by atomic mass is 9.73. The van der Waals surface area contributed by atoms with Gasteiger partial charge in [-0.25, -0.2) is 0 Å². The molecular formula is C12H16O4. The number of rotatable bonds is 2. The maximum atomic E-state index is 11.7. The van der Waals surface area contributed by atoms with E-state index in [0.717, 1.165) is 6.42 Å². The number of fused-ring (bicyclic) bond motifs is 1. The van der Waals surface area contributed by atoms with Crippen molar-refractivity contribution in [1.82, 2.24) is 0 Å². The molecule has 0 aromatic rings. The molecule has 3 atom stereocenters. The lowest BCUT2D eigenvalue weighted by molar-refractivity contribution is -0.167. The van der Waals surface area contributed by atoms with Gasteiger partial charge in [0.2, 0.25) is 0 Å². The average Bonchev–Trinajstić information content (AvgIpc) is 2.29. The van der Waals surface area contributed by atoms with E-state index in [0.29, 0.717) is 19.6 Å². The quantitative estimate of drug-likeness (QED) is 0.524. The highest BCUT2D eigenvalue weighted by Gasteiger charge is 2.43. The number of hydrogen-bond acceptors (Lipinski definition) is 4. The molecule has 0 radical (unpaired) electrons. The molecule has 0 aromatic carbocycles. The molecule has 1 aliphatic carbocycles. The van der Waals surface area contributed by atoms with Gasteiger partial charge >= 0.3 is 11.9 Å². The second kappa shape index (κ2) is 4.68. The molecule has 0 amide bonds. The van der Waals surface area contributed by atoms with Crippen LogP contribution in [0.5, 0.6) is 0 Å². The van der Waals surface area contributed by atoms with Crippen LogP contribution in [0.15, 0.2) is 12.2 Å². The first kappa shape index (κ1) is 11.2. The highest BCUT2D eigenvalue weighted by Crippen LogP contribution is 2.36. The van der Waals surface area contributed by atoms with Crippen LogP contribution >= 0.6 is 0 Å². The summed E-state index contributed by atoms with van der Waals surface area (Å²) in [6, 6.07) is 0. The number of esters is 2. The Hall–Kier alpha value is -1.32. The van der Waals surface area contributed by atoms with Crippen molar-refractivity contribution in [3.63, 3.8) is 0 Å². The number of ether oxygens (including phenoxy) is 2. The molecule has 0 bridgehead atoms. The molecule has 88 valence electrons. The van der Waals surface area contributed by atoms with E-state index >= 15 is 0 Å². The smallest absolute Gasteiger partial charge is 0.310 e. The summed E-state index contributed by atoms with van der Waals surface area (Å²) in [7, 11) is 0. The van der Waals surface area contributed by atoms with Gasteiger partial charge in [0.15, 0.2) is 0 Å². The van der Waals surface area contributed by atoms with Crippen molar-refractivity contribution in [1.29, 1.82) is 0 Å². The fraction of sp³-hybridized carbons (Fsp3) is 0.667. The first-order valence-corrected chi connectivity index (χ1v) is 5.74. The summed E-state index contributed by atoms with van der Waals surface area (Å²) in [6.07, 6.45) is 5.39. The Bertz CT molecular complexity index is 321. The molecule has 4 nitrogen and oxygen atoms in total. The van der Waals surface area contributed by atoms with Gasteiger partial charge in [-0.15, -0.1) is 0 Å². The third-order valence-corrected chi connectivity index (χ3v) is 3.23. The summed E-state index contributed by atoms with van der Waals surface area (Å²) < 4.78 is 10.0. The van der Waals surface area contributed by atoms with Crippen LogP contribution in [0.2, 0.25) is 0 Å². The SMILES string of the molecule is CCOC(=O)[C@H]1CC=C[C@@H]2CCOC(=O)[C@@H]21. The number of allylic oxidation sites excluding steroid dienone is 2. The van der Waals surface area contributed by atoms with Gasteiger partial charge in [0.05, 0.1) is 25.0 Å². The molecule has 1 saturated heterocycles. The molecule has 0 N–H and O–H groups in total. The van der Waals surface area contributed by atoms with E-state index in [2.05, 4.69) is 0 Å². The van der Waals surface area contributed by atoms with Crippen molar-refractivity contribution in [2.24, 2.45) is 17.8 Å². The Labute approximate surface area is 94.6 Å². The Kier molecular flexibility index (Phi) is 3.27. The maximum absolute atomic E-state index is 11.7. The Morgan fingerprint density at radius 3 is 3.19 bits per heavy atom. The topological polar surface area (TPSA) is 52.6 Å². The van der Waals surface area contributed by atoms with E-state index in [-0.39, 0.29) is 29.7 Å². The van der Waals surface area contributed by atoms with Crippen LogP contribution in [0.1, 0.15) is 19.8 Å². The van der Waals surface area contributed by atoms with Crippen molar-refractivity contribution in [3.05, 3.63) is 12.2 Å². The van der Waals surface area contributed by atoms with E-state index < -0.39 is 0 Å². The number of carbonyl (C=O) groups excluding carboxylic acids is 2. The van der Waals surface area contributed by atoms with E-state index in [1.54, 1.807) is 6.92 Å². The molecule has 2 rings (SSSR count). The molecule has 0 saturated carbocycles. The zero-order valence-electron chi connectivity index (χ0n) is 9.35. The van der Waals surface area contributed by atoms with Gasteiger partial charge in [-0.3, -0.25) is 9.59 Å². The first-order chi connectivity index (χ1) is 7.74. The predicted octanol–water partition coefficient (Wildman–Crippen LogP) is 1.30. The Morgan fingerprint density at radius 2 is 2.44 bits per heavy atom. The number of cyclic esters (lactones) is 1. The van der Waals surface area contributed by atoms with Gasteiger partial charge in [-0.1, -0.05) is 12.2 Å². The van der Waals surface area contributed by atoms with E-state index in [1.807, 2.05) is 12.2 Å². The zero-order chi connectivity index (χ0) is 11.5. The second-order valence-electron chi connectivity index (χ2n) is 4.17. The molecule has 0 spiro atoms. The molecule has 1 fully saturated rings. The van der Waals surface area contributed by atoms with Crippen LogP contribution in [-0.4, -0.2) is 25.2 Å². The molecule has 4 heteroatoms. The number of carbonyl (C=O) groups is 2. The van der Waals surface area contributed by atoms with Gasteiger partial charge in [-0.05, 0) is 25.7 Å². The summed E-state index contributed by atoms with van der Waals surface area (Å²) in [6.45, 7) is 2.58. The van der Waals surface area contributed by atoms with Crippen molar-refractivity contribution in [2.45, 2.75) is 19.8 Å². The summed E-state index contributed by atoms with van der Waals surface area (Å²) in [5.41, 5.74) is 0. The predicted molar refractivity (Wildman–Crippen MR) is 56.4 cm³/mol. The summed E-state index contributed by atoms with van der Waals surface area (Å²) in [5.74, 6) is -1.08. The second-order valence-corrected chi connectivity index (χ2v) is 4.17. The van der Waals surface area contributed by atoms with Gasteiger partial charge in [0.25, 0.3) is 0 Å². The third kappa shape index (κ3) is 1.96.